The van der Waals surface area contributed by atoms with Gasteiger partial charge in [-0.3, -0.25) is 4.79 Å². The SMILES string of the molecule is CCCS(=O)(=O)NC1CCN(C(=O)c2ccc(Br)cc2C)CC1. The number of likely N-dealkylation sites (tertiary alicyclic amines) is 1. The van der Waals surface area contributed by atoms with E-state index in [-0.39, 0.29) is 17.7 Å². The minimum atomic E-state index is -3.19. The van der Waals surface area contributed by atoms with E-state index in [0.29, 0.717) is 37.9 Å². The highest BCUT2D eigenvalue weighted by molar-refractivity contribution is 9.10. The average molecular weight is 403 g/mol. The van der Waals surface area contributed by atoms with Gasteiger partial charge in [0.2, 0.25) is 10.0 Å². The summed E-state index contributed by atoms with van der Waals surface area (Å²) in [7, 11) is -3.19. The number of benzene rings is 1. The molecule has 1 aliphatic rings. The van der Waals surface area contributed by atoms with Crippen molar-refractivity contribution in [1.82, 2.24) is 9.62 Å². The van der Waals surface area contributed by atoms with Crippen molar-refractivity contribution >= 4 is 31.9 Å². The minimum absolute atomic E-state index is 0.0184. The summed E-state index contributed by atoms with van der Waals surface area (Å²) in [5.41, 5.74) is 1.65. The van der Waals surface area contributed by atoms with E-state index in [1.807, 2.05) is 32.0 Å². The standard InChI is InChI=1S/C16H23BrN2O3S/c1-3-10-23(21,22)18-14-6-8-19(9-7-14)16(20)15-5-4-13(17)11-12(15)2/h4-5,11,14,18H,3,6-10H2,1-2H3. The van der Waals surface area contributed by atoms with Crippen molar-refractivity contribution < 1.29 is 13.2 Å². The van der Waals surface area contributed by atoms with E-state index in [1.165, 1.54) is 0 Å². The number of sulfonamides is 1. The normalized spacial score (nSPS) is 16.6. The second-order valence-electron chi connectivity index (χ2n) is 5.96. The first-order valence-corrected chi connectivity index (χ1v) is 10.3. The molecule has 1 fully saturated rings. The Labute approximate surface area is 146 Å². The highest BCUT2D eigenvalue weighted by atomic mass is 79.9. The van der Waals surface area contributed by atoms with Gasteiger partial charge in [-0.1, -0.05) is 22.9 Å². The van der Waals surface area contributed by atoms with Crippen molar-refractivity contribution in [2.45, 2.75) is 39.2 Å². The number of rotatable bonds is 5. The van der Waals surface area contributed by atoms with Gasteiger partial charge in [0, 0.05) is 29.2 Å². The lowest BCUT2D eigenvalue weighted by Crippen LogP contribution is -2.47. The van der Waals surface area contributed by atoms with Crippen LogP contribution in [0.4, 0.5) is 0 Å². The fraction of sp³-hybridized carbons (Fsp3) is 0.562. The van der Waals surface area contributed by atoms with E-state index < -0.39 is 10.0 Å². The van der Waals surface area contributed by atoms with Gasteiger partial charge in [-0.05, 0) is 49.9 Å². The van der Waals surface area contributed by atoms with Gasteiger partial charge in [-0.15, -0.1) is 0 Å². The maximum atomic E-state index is 12.6. The Bertz CT molecular complexity index is 668. The van der Waals surface area contributed by atoms with Gasteiger partial charge in [-0.25, -0.2) is 13.1 Å². The maximum absolute atomic E-state index is 12.6. The van der Waals surface area contributed by atoms with Gasteiger partial charge < -0.3 is 4.90 Å². The van der Waals surface area contributed by atoms with Crippen LogP contribution in [0.3, 0.4) is 0 Å². The maximum Gasteiger partial charge on any atom is 0.254 e. The average Bonchev–Trinajstić information content (AvgIpc) is 2.47. The summed E-state index contributed by atoms with van der Waals surface area (Å²) < 4.78 is 27.3. The molecule has 1 saturated heterocycles. The lowest BCUT2D eigenvalue weighted by molar-refractivity contribution is 0.0710. The highest BCUT2D eigenvalue weighted by Crippen LogP contribution is 2.20. The first kappa shape index (κ1) is 18.4. The van der Waals surface area contributed by atoms with Crippen LogP contribution in [0.2, 0.25) is 0 Å². The third kappa shape index (κ3) is 5.02. The number of carbonyl (C=O) groups is 1. The van der Waals surface area contributed by atoms with Crippen LogP contribution in [-0.4, -0.2) is 44.1 Å². The first-order valence-electron chi connectivity index (χ1n) is 7.88. The summed E-state index contributed by atoms with van der Waals surface area (Å²) in [5, 5.41) is 0. The van der Waals surface area contributed by atoms with Crippen molar-refractivity contribution in [3.8, 4) is 0 Å². The quantitative estimate of drug-likeness (QED) is 0.822. The molecule has 0 atom stereocenters. The van der Waals surface area contributed by atoms with Crippen LogP contribution in [-0.2, 0) is 10.0 Å². The molecule has 7 heteroatoms. The summed E-state index contributed by atoms with van der Waals surface area (Å²) in [6, 6.07) is 5.56. The van der Waals surface area contributed by atoms with Crippen LogP contribution in [0.1, 0.15) is 42.1 Å². The number of halogens is 1. The summed E-state index contributed by atoms with van der Waals surface area (Å²) in [4.78, 5) is 14.4. The molecule has 0 bridgehead atoms. The van der Waals surface area contributed by atoms with Crippen LogP contribution in [0, 0.1) is 6.92 Å². The molecule has 1 amide bonds. The second kappa shape index (κ2) is 7.77. The number of amides is 1. The second-order valence-corrected chi connectivity index (χ2v) is 8.75. The summed E-state index contributed by atoms with van der Waals surface area (Å²) in [5.74, 6) is 0.175. The summed E-state index contributed by atoms with van der Waals surface area (Å²) in [6.07, 6.45) is 1.92. The molecule has 1 aromatic carbocycles. The summed E-state index contributed by atoms with van der Waals surface area (Å²) >= 11 is 3.40. The van der Waals surface area contributed by atoms with Crippen LogP contribution in [0.15, 0.2) is 22.7 Å². The number of hydrogen-bond acceptors (Lipinski definition) is 3. The lowest BCUT2D eigenvalue weighted by atomic mass is 10.0. The lowest BCUT2D eigenvalue weighted by Gasteiger charge is -2.32. The smallest absolute Gasteiger partial charge is 0.254 e. The zero-order valence-electron chi connectivity index (χ0n) is 13.5. The molecule has 0 radical (unpaired) electrons. The molecule has 0 aliphatic carbocycles. The minimum Gasteiger partial charge on any atom is -0.339 e. The van der Waals surface area contributed by atoms with Gasteiger partial charge in [-0.2, -0.15) is 0 Å². The first-order chi connectivity index (χ1) is 10.8. The Kier molecular flexibility index (Phi) is 6.22. The molecule has 5 nitrogen and oxygen atoms in total. The van der Waals surface area contributed by atoms with Crippen LogP contribution >= 0.6 is 15.9 Å². The Morgan fingerprint density at radius 2 is 2.00 bits per heavy atom. The molecule has 1 N–H and O–H groups in total. The Balaban J connectivity index is 1.95. The van der Waals surface area contributed by atoms with E-state index in [1.54, 1.807) is 4.90 Å². The van der Waals surface area contributed by atoms with Gasteiger partial charge in [0.1, 0.15) is 0 Å². The molecule has 1 aliphatic heterocycles. The molecule has 128 valence electrons. The third-order valence-corrected chi connectivity index (χ3v) is 6.15. The number of nitrogens with zero attached hydrogens (tertiary/aromatic N) is 1. The van der Waals surface area contributed by atoms with E-state index >= 15 is 0 Å². The fourth-order valence-electron chi connectivity index (χ4n) is 2.82. The zero-order valence-corrected chi connectivity index (χ0v) is 15.9. The number of piperidine rings is 1. The Hall–Kier alpha value is -0.920. The van der Waals surface area contributed by atoms with E-state index in [4.69, 9.17) is 0 Å². The molecule has 0 spiro atoms. The topological polar surface area (TPSA) is 66.5 Å². The molecule has 0 saturated carbocycles. The highest BCUT2D eigenvalue weighted by Gasteiger charge is 2.26. The number of aryl methyl sites for hydroxylation is 1. The number of hydrogen-bond donors (Lipinski definition) is 1. The molecular formula is C16H23BrN2O3S. The van der Waals surface area contributed by atoms with Gasteiger partial charge in [0.05, 0.1) is 5.75 Å². The third-order valence-electron chi connectivity index (χ3n) is 4.02. The Morgan fingerprint density at radius 1 is 1.35 bits per heavy atom. The van der Waals surface area contributed by atoms with Crippen LogP contribution < -0.4 is 4.72 Å². The van der Waals surface area contributed by atoms with Crippen LogP contribution in [0.5, 0.6) is 0 Å². The monoisotopic (exact) mass is 402 g/mol. The molecule has 0 unspecified atom stereocenters. The molecular weight excluding hydrogens is 380 g/mol. The molecule has 1 aromatic rings. The van der Waals surface area contributed by atoms with Gasteiger partial charge >= 0.3 is 0 Å². The largest absolute Gasteiger partial charge is 0.339 e. The van der Waals surface area contributed by atoms with Crippen molar-refractivity contribution in [2.24, 2.45) is 0 Å². The van der Waals surface area contributed by atoms with E-state index in [0.717, 1.165) is 10.0 Å². The van der Waals surface area contributed by atoms with Crippen LogP contribution in [0.25, 0.3) is 0 Å². The predicted octanol–water partition coefficient (Wildman–Crippen LogP) is 2.69. The Morgan fingerprint density at radius 3 is 2.57 bits per heavy atom. The zero-order chi connectivity index (χ0) is 17.0. The summed E-state index contributed by atoms with van der Waals surface area (Å²) in [6.45, 7) is 4.92. The number of nitrogens with one attached hydrogen (secondary N) is 1. The van der Waals surface area contributed by atoms with E-state index in [2.05, 4.69) is 20.7 Å². The van der Waals surface area contributed by atoms with Crippen molar-refractivity contribution in [1.29, 1.82) is 0 Å². The molecule has 23 heavy (non-hydrogen) atoms. The van der Waals surface area contributed by atoms with Gasteiger partial charge in [0.25, 0.3) is 5.91 Å². The molecule has 1 heterocycles. The predicted molar refractivity (Wildman–Crippen MR) is 95.0 cm³/mol. The molecule has 2 rings (SSSR count). The van der Waals surface area contributed by atoms with Crippen molar-refractivity contribution in [3.05, 3.63) is 33.8 Å². The number of carbonyl (C=O) groups excluding carboxylic acids is 1. The van der Waals surface area contributed by atoms with E-state index in [9.17, 15) is 13.2 Å². The van der Waals surface area contributed by atoms with Crippen molar-refractivity contribution in [3.63, 3.8) is 0 Å². The van der Waals surface area contributed by atoms with Crippen molar-refractivity contribution in [2.75, 3.05) is 18.8 Å². The molecule has 0 aromatic heterocycles. The fourth-order valence-corrected chi connectivity index (χ4v) is 4.69. The van der Waals surface area contributed by atoms with Gasteiger partial charge in [0.15, 0.2) is 0 Å².